The average Bonchev–Trinajstić information content (AvgIpc) is 2.79. The minimum atomic E-state index is -0.0236. The third kappa shape index (κ3) is 6.89. The van der Waals surface area contributed by atoms with Crippen LogP contribution in [-0.2, 0) is 4.74 Å². The monoisotopic (exact) mass is 432 g/mol. The fourth-order valence-corrected chi connectivity index (χ4v) is 5.46. The second-order valence-corrected chi connectivity index (χ2v) is 9.87. The van der Waals surface area contributed by atoms with Crippen LogP contribution in [0.4, 0.5) is 0 Å². The summed E-state index contributed by atoms with van der Waals surface area (Å²) in [4.78, 5) is 5.07. The molecule has 2 aliphatic rings. The lowest BCUT2D eigenvalue weighted by Crippen LogP contribution is -2.53. The molecule has 6 heteroatoms. The zero-order valence-electron chi connectivity index (χ0n) is 19.0. The van der Waals surface area contributed by atoms with E-state index >= 15 is 0 Å². The van der Waals surface area contributed by atoms with Gasteiger partial charge >= 0.3 is 0 Å². The Bertz CT molecular complexity index is 648. The number of thioether (sulfide) groups is 1. The number of aliphatic imine (C=N–C) groups is 1. The van der Waals surface area contributed by atoms with Gasteiger partial charge < -0.3 is 20.7 Å². The van der Waals surface area contributed by atoms with E-state index in [9.17, 15) is 0 Å². The van der Waals surface area contributed by atoms with E-state index in [0.717, 1.165) is 50.4 Å². The van der Waals surface area contributed by atoms with Crippen LogP contribution in [0.2, 0.25) is 0 Å². The Morgan fingerprint density at radius 3 is 2.70 bits per heavy atom. The van der Waals surface area contributed by atoms with E-state index in [4.69, 9.17) is 9.73 Å². The standard InChI is InChI=1S/C24H40N4OS/c1-4-25-23(27-21-11-8-12-22(17-21)30-3)26-18-24(13-15-29-16-14-24)28-19(2)20-9-6-5-7-10-20/h5-7,9-10,19,21-22,28H,4,8,11-18H2,1-3H3,(H2,25,26,27). The first-order chi connectivity index (χ1) is 14.6. The summed E-state index contributed by atoms with van der Waals surface area (Å²) in [6.45, 7) is 7.64. The van der Waals surface area contributed by atoms with E-state index in [1.807, 2.05) is 11.8 Å². The summed E-state index contributed by atoms with van der Waals surface area (Å²) in [5, 5.41) is 11.9. The van der Waals surface area contributed by atoms with Gasteiger partial charge in [-0.15, -0.1) is 0 Å². The van der Waals surface area contributed by atoms with Crippen molar-refractivity contribution < 1.29 is 4.74 Å². The lowest BCUT2D eigenvalue weighted by molar-refractivity contribution is 0.0374. The maximum absolute atomic E-state index is 5.69. The molecular weight excluding hydrogens is 392 g/mol. The SMILES string of the molecule is CCNC(=NCC1(NC(C)c2ccccc2)CCOCC1)NC1CCCC(SC)C1. The van der Waals surface area contributed by atoms with Gasteiger partial charge in [-0.1, -0.05) is 36.8 Å². The van der Waals surface area contributed by atoms with E-state index in [2.05, 4.69) is 66.4 Å². The maximum atomic E-state index is 5.69. The number of rotatable bonds is 8. The number of nitrogens with zero attached hydrogens (tertiary/aromatic N) is 1. The molecule has 168 valence electrons. The largest absolute Gasteiger partial charge is 0.381 e. The summed E-state index contributed by atoms with van der Waals surface area (Å²) in [5.41, 5.74) is 1.30. The van der Waals surface area contributed by atoms with Gasteiger partial charge in [0.15, 0.2) is 5.96 Å². The third-order valence-electron chi connectivity index (χ3n) is 6.46. The average molecular weight is 433 g/mol. The number of hydrogen-bond donors (Lipinski definition) is 3. The minimum absolute atomic E-state index is 0.0236. The van der Waals surface area contributed by atoms with Gasteiger partial charge in [-0.25, -0.2) is 0 Å². The number of nitrogens with one attached hydrogen (secondary N) is 3. The van der Waals surface area contributed by atoms with E-state index < -0.39 is 0 Å². The van der Waals surface area contributed by atoms with Crippen LogP contribution >= 0.6 is 11.8 Å². The number of benzene rings is 1. The Morgan fingerprint density at radius 1 is 1.23 bits per heavy atom. The number of guanidine groups is 1. The molecular formula is C24H40N4OS. The third-order valence-corrected chi connectivity index (χ3v) is 7.55. The van der Waals surface area contributed by atoms with Gasteiger partial charge in [-0.3, -0.25) is 4.99 Å². The summed E-state index contributed by atoms with van der Waals surface area (Å²) in [7, 11) is 0. The summed E-state index contributed by atoms with van der Waals surface area (Å²) < 4.78 is 5.69. The molecule has 2 fully saturated rings. The molecule has 0 amide bonds. The lowest BCUT2D eigenvalue weighted by Gasteiger charge is -2.39. The molecule has 0 radical (unpaired) electrons. The second-order valence-electron chi connectivity index (χ2n) is 8.73. The Morgan fingerprint density at radius 2 is 2.00 bits per heavy atom. The van der Waals surface area contributed by atoms with Crippen molar-refractivity contribution in [3.63, 3.8) is 0 Å². The molecule has 1 aliphatic carbocycles. The smallest absolute Gasteiger partial charge is 0.191 e. The van der Waals surface area contributed by atoms with Crippen molar-refractivity contribution >= 4 is 17.7 Å². The zero-order chi connectivity index (χ0) is 21.2. The van der Waals surface area contributed by atoms with Crippen LogP contribution in [0, 0.1) is 0 Å². The quantitative estimate of drug-likeness (QED) is 0.426. The van der Waals surface area contributed by atoms with E-state index in [0.29, 0.717) is 6.04 Å². The molecule has 0 spiro atoms. The highest BCUT2D eigenvalue weighted by molar-refractivity contribution is 7.99. The summed E-state index contributed by atoms with van der Waals surface area (Å²) >= 11 is 2.01. The van der Waals surface area contributed by atoms with Gasteiger partial charge in [0.1, 0.15) is 0 Å². The molecule has 1 saturated carbocycles. The van der Waals surface area contributed by atoms with Crippen molar-refractivity contribution in [1.29, 1.82) is 0 Å². The van der Waals surface area contributed by atoms with Crippen LogP contribution in [0.1, 0.15) is 64.0 Å². The van der Waals surface area contributed by atoms with E-state index in [1.54, 1.807) is 0 Å². The van der Waals surface area contributed by atoms with Crippen LogP contribution in [0.15, 0.2) is 35.3 Å². The van der Waals surface area contributed by atoms with Gasteiger partial charge in [0.25, 0.3) is 0 Å². The molecule has 3 unspecified atom stereocenters. The highest BCUT2D eigenvalue weighted by Gasteiger charge is 2.34. The Hall–Kier alpha value is -1.24. The van der Waals surface area contributed by atoms with Crippen molar-refractivity contribution in [1.82, 2.24) is 16.0 Å². The predicted molar refractivity (Wildman–Crippen MR) is 129 cm³/mol. The topological polar surface area (TPSA) is 57.7 Å². The van der Waals surface area contributed by atoms with Gasteiger partial charge in [-0.05, 0) is 57.8 Å². The van der Waals surface area contributed by atoms with Crippen LogP contribution in [-0.4, -0.2) is 55.3 Å². The van der Waals surface area contributed by atoms with Gasteiger partial charge in [-0.2, -0.15) is 11.8 Å². The second kappa shape index (κ2) is 12.0. The van der Waals surface area contributed by atoms with Gasteiger partial charge in [0.05, 0.1) is 6.54 Å². The first-order valence-corrected chi connectivity index (χ1v) is 12.9. The molecule has 3 N–H and O–H groups in total. The zero-order valence-corrected chi connectivity index (χ0v) is 19.8. The van der Waals surface area contributed by atoms with Crippen molar-refractivity contribution in [3.8, 4) is 0 Å². The van der Waals surface area contributed by atoms with Crippen molar-refractivity contribution in [2.45, 2.75) is 75.2 Å². The lowest BCUT2D eigenvalue weighted by atomic mass is 9.88. The normalized spacial score (nSPS) is 25.5. The van der Waals surface area contributed by atoms with Crippen LogP contribution < -0.4 is 16.0 Å². The maximum Gasteiger partial charge on any atom is 0.191 e. The van der Waals surface area contributed by atoms with Crippen LogP contribution in [0.5, 0.6) is 0 Å². The molecule has 3 atom stereocenters. The molecule has 30 heavy (non-hydrogen) atoms. The molecule has 1 heterocycles. The first kappa shape index (κ1) is 23.4. The molecule has 1 aromatic carbocycles. The summed E-state index contributed by atoms with van der Waals surface area (Å²) in [6, 6.07) is 11.5. The fraction of sp³-hybridized carbons (Fsp3) is 0.708. The predicted octanol–water partition coefficient (Wildman–Crippen LogP) is 4.12. The molecule has 0 bridgehead atoms. The molecule has 1 aliphatic heterocycles. The molecule has 0 aromatic heterocycles. The van der Waals surface area contributed by atoms with Gasteiger partial charge in [0, 0.05) is 42.6 Å². The Labute approximate surface area is 187 Å². The van der Waals surface area contributed by atoms with E-state index in [-0.39, 0.29) is 11.6 Å². The van der Waals surface area contributed by atoms with E-state index in [1.165, 1.54) is 31.2 Å². The van der Waals surface area contributed by atoms with Crippen molar-refractivity contribution in [3.05, 3.63) is 35.9 Å². The van der Waals surface area contributed by atoms with Gasteiger partial charge in [0.2, 0.25) is 0 Å². The number of ether oxygens (including phenoxy) is 1. The molecule has 1 saturated heterocycles. The van der Waals surface area contributed by atoms with Crippen molar-refractivity contribution in [2.75, 3.05) is 32.6 Å². The highest BCUT2D eigenvalue weighted by atomic mass is 32.2. The Balaban J connectivity index is 1.67. The summed E-state index contributed by atoms with van der Waals surface area (Å²) in [6.07, 6.45) is 9.34. The van der Waals surface area contributed by atoms with Crippen molar-refractivity contribution in [2.24, 2.45) is 4.99 Å². The van der Waals surface area contributed by atoms with Crippen LogP contribution in [0.3, 0.4) is 0 Å². The molecule has 5 nitrogen and oxygen atoms in total. The first-order valence-electron chi connectivity index (χ1n) is 11.6. The fourth-order valence-electron chi connectivity index (χ4n) is 4.63. The Kier molecular flexibility index (Phi) is 9.34. The number of hydrogen-bond acceptors (Lipinski definition) is 4. The molecule has 3 rings (SSSR count). The summed E-state index contributed by atoms with van der Waals surface area (Å²) in [5.74, 6) is 0.962. The molecule has 1 aromatic rings. The highest BCUT2D eigenvalue weighted by Crippen LogP contribution is 2.28. The minimum Gasteiger partial charge on any atom is -0.381 e. The van der Waals surface area contributed by atoms with Crippen LogP contribution in [0.25, 0.3) is 0 Å².